The molecule has 0 spiro atoms. The van der Waals surface area contributed by atoms with Gasteiger partial charge in [-0.2, -0.15) is 0 Å². The van der Waals surface area contributed by atoms with E-state index in [0.29, 0.717) is 28.3 Å². The number of benzene rings is 3. The minimum absolute atomic E-state index is 0.133. The highest BCUT2D eigenvalue weighted by molar-refractivity contribution is 5.96. The maximum atomic E-state index is 12.9. The first-order valence-electron chi connectivity index (χ1n) is 11.0. The van der Waals surface area contributed by atoms with Crippen LogP contribution in [-0.4, -0.2) is 27.8 Å². The molecule has 1 aromatic heterocycles. The van der Waals surface area contributed by atoms with Gasteiger partial charge in [-0.3, -0.25) is 14.3 Å². The summed E-state index contributed by atoms with van der Waals surface area (Å²) in [4.78, 5) is 38.2. The van der Waals surface area contributed by atoms with E-state index in [1.807, 2.05) is 48.5 Å². The maximum absolute atomic E-state index is 12.9. The Hall–Kier alpha value is -4.59. The fourth-order valence-electron chi connectivity index (χ4n) is 3.62. The summed E-state index contributed by atoms with van der Waals surface area (Å²) in [5.41, 5.74) is 1.93. The third kappa shape index (κ3) is 5.33. The van der Waals surface area contributed by atoms with Crippen molar-refractivity contribution in [2.24, 2.45) is 7.05 Å². The molecule has 1 heterocycles. The first-order chi connectivity index (χ1) is 17.0. The monoisotopic (exact) mass is 471 g/mol. The van der Waals surface area contributed by atoms with Crippen LogP contribution in [0.1, 0.15) is 21.6 Å². The molecular weight excluding hydrogens is 446 g/mol. The number of hydrogen-bond acceptors (Lipinski definition) is 5. The van der Waals surface area contributed by atoms with Crippen molar-refractivity contribution in [2.45, 2.75) is 13.5 Å². The largest absolute Gasteiger partial charge is 0.489 e. The summed E-state index contributed by atoms with van der Waals surface area (Å²) in [6, 6.07) is 25.2. The third-order valence-corrected chi connectivity index (χ3v) is 5.53. The van der Waals surface area contributed by atoms with Gasteiger partial charge in [0.1, 0.15) is 18.0 Å². The summed E-state index contributed by atoms with van der Waals surface area (Å²) in [7, 11) is 1.73. The van der Waals surface area contributed by atoms with Gasteiger partial charge in [0.15, 0.2) is 6.61 Å². The second kappa shape index (κ2) is 10.6. The average Bonchev–Trinajstić information content (AvgIpc) is 3.10. The van der Waals surface area contributed by atoms with Crippen molar-refractivity contribution in [3.8, 4) is 11.4 Å². The van der Waals surface area contributed by atoms with Gasteiger partial charge in [0.05, 0.1) is 16.9 Å². The molecule has 0 unspecified atom stereocenters. The predicted octanol–water partition coefficient (Wildman–Crippen LogP) is 3.86. The normalized spacial score (nSPS) is 10.6. The highest BCUT2D eigenvalue weighted by atomic mass is 16.5. The number of carbonyl (C=O) groups excluding carboxylic acids is 2. The van der Waals surface area contributed by atoms with Crippen LogP contribution in [0.3, 0.4) is 0 Å². The van der Waals surface area contributed by atoms with E-state index < -0.39 is 18.5 Å². The van der Waals surface area contributed by atoms with E-state index in [4.69, 9.17) is 9.47 Å². The van der Waals surface area contributed by atoms with Crippen LogP contribution in [0.15, 0.2) is 89.7 Å². The zero-order chi connectivity index (χ0) is 24.8. The number of aromatic nitrogens is 2. The minimum atomic E-state index is -0.654. The molecule has 4 rings (SSSR count). The molecule has 0 aliphatic rings. The molecule has 0 bridgehead atoms. The molecule has 3 aromatic carbocycles. The molecule has 0 aliphatic heterocycles. The van der Waals surface area contributed by atoms with Crippen molar-refractivity contribution < 1.29 is 19.1 Å². The first-order valence-corrected chi connectivity index (χ1v) is 11.0. The zero-order valence-electron chi connectivity index (χ0n) is 19.4. The number of nitrogens with zero attached hydrogens (tertiary/aromatic N) is 2. The van der Waals surface area contributed by atoms with Crippen molar-refractivity contribution in [1.29, 1.82) is 0 Å². The number of rotatable bonds is 8. The van der Waals surface area contributed by atoms with Gasteiger partial charge in [0.2, 0.25) is 0 Å². The predicted molar refractivity (Wildman–Crippen MR) is 132 cm³/mol. The Bertz CT molecular complexity index is 1390. The van der Waals surface area contributed by atoms with Crippen LogP contribution in [0.2, 0.25) is 0 Å². The van der Waals surface area contributed by atoms with E-state index in [1.165, 1.54) is 4.68 Å². The average molecular weight is 472 g/mol. The first kappa shape index (κ1) is 23.6. The van der Waals surface area contributed by atoms with Crippen LogP contribution >= 0.6 is 0 Å². The third-order valence-electron chi connectivity index (χ3n) is 5.53. The summed E-state index contributed by atoms with van der Waals surface area (Å²) < 4.78 is 14.1. The summed E-state index contributed by atoms with van der Waals surface area (Å²) in [5.74, 6) is -0.587. The fourth-order valence-corrected chi connectivity index (χ4v) is 3.62. The van der Waals surface area contributed by atoms with Gasteiger partial charge < -0.3 is 14.8 Å². The SMILES string of the molecule is Cc1c(NC(=O)COC(=O)c2ccccc2COc2ccccc2)c(=O)n(-c2ccccc2)n1C. The Labute approximate surface area is 202 Å². The second-order valence-corrected chi connectivity index (χ2v) is 7.82. The van der Waals surface area contributed by atoms with Gasteiger partial charge in [-0.15, -0.1) is 0 Å². The lowest BCUT2D eigenvalue weighted by atomic mass is 10.1. The Balaban J connectivity index is 1.41. The van der Waals surface area contributed by atoms with E-state index in [0.717, 1.165) is 0 Å². The van der Waals surface area contributed by atoms with E-state index in [9.17, 15) is 14.4 Å². The van der Waals surface area contributed by atoms with Crippen LogP contribution in [0, 0.1) is 6.92 Å². The molecule has 0 aliphatic carbocycles. The lowest BCUT2D eigenvalue weighted by molar-refractivity contribution is -0.119. The molecule has 0 saturated carbocycles. The number of hydrogen-bond donors (Lipinski definition) is 1. The number of ether oxygens (including phenoxy) is 2. The van der Waals surface area contributed by atoms with Crippen molar-refractivity contribution in [3.05, 3.63) is 112 Å². The smallest absolute Gasteiger partial charge is 0.339 e. The Kier molecular flexibility index (Phi) is 7.11. The van der Waals surface area contributed by atoms with Crippen LogP contribution < -0.4 is 15.6 Å². The number of esters is 1. The molecule has 0 saturated heterocycles. The maximum Gasteiger partial charge on any atom is 0.339 e. The van der Waals surface area contributed by atoms with Crippen molar-refractivity contribution in [3.63, 3.8) is 0 Å². The summed E-state index contributed by atoms with van der Waals surface area (Å²) >= 11 is 0. The molecule has 4 aromatic rings. The highest BCUT2D eigenvalue weighted by Crippen LogP contribution is 2.16. The van der Waals surface area contributed by atoms with Crippen LogP contribution in [0.25, 0.3) is 5.69 Å². The molecule has 8 nitrogen and oxygen atoms in total. The summed E-state index contributed by atoms with van der Waals surface area (Å²) in [6.07, 6.45) is 0. The van der Waals surface area contributed by atoms with Crippen LogP contribution in [0.5, 0.6) is 5.75 Å². The van der Waals surface area contributed by atoms with Crippen LogP contribution in [-0.2, 0) is 23.2 Å². The highest BCUT2D eigenvalue weighted by Gasteiger charge is 2.20. The number of para-hydroxylation sites is 2. The minimum Gasteiger partial charge on any atom is -0.489 e. The standard InChI is InChI=1S/C27H25N3O5/c1-19-25(26(32)30(29(19)2)21-12-5-3-6-13-21)28-24(31)18-35-27(33)23-16-10-9-11-20(23)17-34-22-14-7-4-8-15-22/h3-16H,17-18H2,1-2H3,(H,28,31). The van der Waals surface area contributed by atoms with Crippen LogP contribution in [0.4, 0.5) is 5.69 Å². The molecule has 1 amide bonds. The van der Waals surface area contributed by atoms with Gasteiger partial charge in [0, 0.05) is 12.6 Å². The number of carbonyl (C=O) groups is 2. The van der Waals surface area contributed by atoms with Gasteiger partial charge in [0.25, 0.3) is 11.5 Å². The lowest BCUT2D eigenvalue weighted by Crippen LogP contribution is -2.26. The van der Waals surface area contributed by atoms with Crippen molar-refractivity contribution in [1.82, 2.24) is 9.36 Å². The fraction of sp³-hybridized carbons (Fsp3) is 0.148. The van der Waals surface area contributed by atoms with Crippen molar-refractivity contribution >= 4 is 17.6 Å². The second-order valence-electron chi connectivity index (χ2n) is 7.82. The van der Waals surface area contributed by atoms with Gasteiger partial charge in [-0.1, -0.05) is 54.6 Å². The molecule has 0 fully saturated rings. The van der Waals surface area contributed by atoms with E-state index >= 15 is 0 Å². The Morgan fingerprint density at radius 1 is 0.886 bits per heavy atom. The lowest BCUT2D eigenvalue weighted by Gasteiger charge is -2.11. The summed E-state index contributed by atoms with van der Waals surface area (Å²) in [6.45, 7) is 1.36. The molecule has 35 heavy (non-hydrogen) atoms. The number of amides is 1. The topological polar surface area (TPSA) is 91.6 Å². The number of anilines is 1. The number of nitrogens with one attached hydrogen (secondary N) is 1. The van der Waals surface area contributed by atoms with Crippen molar-refractivity contribution in [2.75, 3.05) is 11.9 Å². The van der Waals surface area contributed by atoms with E-state index in [-0.39, 0.29) is 17.9 Å². The molecule has 0 atom stereocenters. The van der Waals surface area contributed by atoms with Gasteiger partial charge in [-0.05, 0) is 37.3 Å². The Morgan fingerprint density at radius 3 is 2.23 bits per heavy atom. The quantitative estimate of drug-likeness (QED) is 0.394. The molecule has 0 radical (unpaired) electrons. The molecule has 1 N–H and O–H groups in total. The summed E-state index contributed by atoms with van der Waals surface area (Å²) in [5, 5.41) is 2.58. The Morgan fingerprint density at radius 2 is 1.51 bits per heavy atom. The zero-order valence-corrected chi connectivity index (χ0v) is 19.4. The van der Waals surface area contributed by atoms with E-state index in [1.54, 1.807) is 55.1 Å². The molecular formula is C27H25N3O5. The van der Waals surface area contributed by atoms with Gasteiger partial charge >= 0.3 is 5.97 Å². The van der Waals surface area contributed by atoms with Gasteiger partial charge in [-0.25, -0.2) is 9.48 Å². The molecule has 178 valence electrons. The molecule has 8 heteroatoms. The van der Waals surface area contributed by atoms with E-state index in [2.05, 4.69) is 5.32 Å².